The van der Waals surface area contributed by atoms with E-state index in [1.807, 2.05) is 12.1 Å². The quantitative estimate of drug-likeness (QED) is 0.858. The lowest BCUT2D eigenvalue weighted by atomic mass is 9.96. The van der Waals surface area contributed by atoms with Gasteiger partial charge in [0.15, 0.2) is 0 Å². The first-order valence-corrected chi connectivity index (χ1v) is 8.54. The summed E-state index contributed by atoms with van der Waals surface area (Å²) in [5.74, 6) is 1.13. The average molecular weight is 310 g/mol. The summed E-state index contributed by atoms with van der Waals surface area (Å²) in [5.41, 5.74) is 2.64. The van der Waals surface area contributed by atoms with Gasteiger partial charge in [-0.2, -0.15) is 0 Å². The van der Waals surface area contributed by atoms with Crippen molar-refractivity contribution in [3.8, 4) is 5.75 Å². The number of likely N-dealkylation sites (tertiary alicyclic amines) is 1. The van der Waals surface area contributed by atoms with Crippen LogP contribution in [0.25, 0.3) is 0 Å². The first kappa shape index (κ1) is 16.0. The van der Waals surface area contributed by atoms with E-state index in [9.17, 15) is 5.11 Å². The van der Waals surface area contributed by atoms with E-state index in [4.69, 9.17) is 0 Å². The maximum atomic E-state index is 9.34. The van der Waals surface area contributed by atoms with E-state index in [2.05, 4.69) is 40.5 Å². The molecule has 122 valence electrons. The van der Waals surface area contributed by atoms with Crippen molar-refractivity contribution in [1.29, 1.82) is 0 Å². The molecule has 2 aromatic carbocycles. The zero-order chi connectivity index (χ0) is 15.9. The number of aromatic hydroxyl groups is 1. The Morgan fingerprint density at radius 2 is 1.61 bits per heavy atom. The van der Waals surface area contributed by atoms with E-state index in [-0.39, 0.29) is 0 Å². The van der Waals surface area contributed by atoms with Crippen LogP contribution in [0.5, 0.6) is 5.75 Å². The summed E-state index contributed by atoms with van der Waals surface area (Å²) in [6.07, 6.45) is 2.53. The molecule has 1 saturated heterocycles. The molecule has 2 aromatic rings. The van der Waals surface area contributed by atoms with Gasteiger partial charge in [-0.15, -0.1) is 0 Å². The lowest BCUT2D eigenvalue weighted by molar-refractivity contribution is 0.175. The highest BCUT2D eigenvalue weighted by Gasteiger charge is 2.18. The van der Waals surface area contributed by atoms with E-state index in [0.29, 0.717) is 5.75 Å². The van der Waals surface area contributed by atoms with Crippen LogP contribution in [-0.2, 0) is 13.1 Å². The molecule has 0 atom stereocenters. The van der Waals surface area contributed by atoms with Crippen LogP contribution in [0.2, 0.25) is 0 Å². The molecule has 0 aliphatic carbocycles. The van der Waals surface area contributed by atoms with Crippen LogP contribution in [0.15, 0.2) is 54.6 Å². The largest absolute Gasteiger partial charge is 0.508 e. The first-order valence-electron chi connectivity index (χ1n) is 8.54. The lowest BCUT2D eigenvalue weighted by Gasteiger charge is -2.32. The predicted octanol–water partition coefficient (Wildman–Crippen LogP) is 3.39. The standard InChI is InChI=1S/C20H26N2O/c23-20-8-6-19(7-9-20)16-22-12-10-18(11-13-22)15-21-14-17-4-2-1-3-5-17/h1-9,18,21,23H,10-16H2. The molecule has 23 heavy (non-hydrogen) atoms. The van der Waals surface area contributed by atoms with E-state index in [1.165, 1.54) is 37.1 Å². The molecule has 2 N–H and O–H groups in total. The molecule has 3 nitrogen and oxygen atoms in total. The maximum absolute atomic E-state index is 9.34. The molecular formula is C20H26N2O. The Balaban J connectivity index is 1.36. The zero-order valence-electron chi connectivity index (χ0n) is 13.6. The van der Waals surface area contributed by atoms with Crippen LogP contribution in [0.3, 0.4) is 0 Å². The first-order chi connectivity index (χ1) is 11.3. The topological polar surface area (TPSA) is 35.5 Å². The van der Waals surface area contributed by atoms with Crippen LogP contribution in [0.1, 0.15) is 24.0 Å². The Labute approximate surface area is 139 Å². The van der Waals surface area contributed by atoms with Gasteiger partial charge in [0, 0.05) is 13.1 Å². The summed E-state index contributed by atoms with van der Waals surface area (Å²) < 4.78 is 0. The minimum Gasteiger partial charge on any atom is -0.508 e. The Bertz CT molecular complexity index is 574. The molecule has 1 fully saturated rings. The third-order valence-electron chi connectivity index (χ3n) is 4.65. The van der Waals surface area contributed by atoms with Gasteiger partial charge in [0.25, 0.3) is 0 Å². The van der Waals surface area contributed by atoms with E-state index in [1.54, 1.807) is 12.1 Å². The Hall–Kier alpha value is -1.84. The van der Waals surface area contributed by atoms with Gasteiger partial charge in [0.05, 0.1) is 0 Å². The summed E-state index contributed by atoms with van der Waals surface area (Å²) in [6, 6.07) is 18.2. The number of nitrogens with zero attached hydrogens (tertiary/aromatic N) is 1. The minimum atomic E-state index is 0.344. The summed E-state index contributed by atoms with van der Waals surface area (Å²) in [7, 11) is 0. The molecule has 1 heterocycles. The molecular weight excluding hydrogens is 284 g/mol. The van der Waals surface area contributed by atoms with E-state index >= 15 is 0 Å². The fourth-order valence-corrected chi connectivity index (χ4v) is 3.22. The van der Waals surface area contributed by atoms with Crippen molar-refractivity contribution in [1.82, 2.24) is 10.2 Å². The molecule has 3 heteroatoms. The number of phenolic OH excluding ortho intramolecular Hbond substituents is 1. The monoisotopic (exact) mass is 310 g/mol. The van der Waals surface area contributed by atoms with Gasteiger partial charge in [0.1, 0.15) is 5.75 Å². The van der Waals surface area contributed by atoms with Crippen LogP contribution in [0.4, 0.5) is 0 Å². The molecule has 0 amide bonds. The Morgan fingerprint density at radius 1 is 0.913 bits per heavy atom. The molecule has 0 saturated carbocycles. The number of rotatable bonds is 6. The van der Waals surface area contributed by atoms with Crippen LogP contribution in [0, 0.1) is 5.92 Å². The second-order valence-electron chi connectivity index (χ2n) is 6.50. The van der Waals surface area contributed by atoms with Gasteiger partial charge in [-0.25, -0.2) is 0 Å². The summed E-state index contributed by atoms with van der Waals surface area (Å²) in [6.45, 7) is 5.40. The lowest BCUT2D eigenvalue weighted by Crippen LogP contribution is -2.36. The van der Waals surface area contributed by atoms with Crippen molar-refractivity contribution < 1.29 is 5.11 Å². The summed E-state index contributed by atoms with van der Waals surface area (Å²) >= 11 is 0. The third-order valence-corrected chi connectivity index (χ3v) is 4.65. The summed E-state index contributed by atoms with van der Waals surface area (Å²) in [5, 5.41) is 12.9. The number of benzene rings is 2. The second kappa shape index (κ2) is 8.14. The average Bonchev–Trinajstić information content (AvgIpc) is 2.59. The summed E-state index contributed by atoms with van der Waals surface area (Å²) in [4.78, 5) is 2.51. The van der Waals surface area contributed by atoms with Gasteiger partial charge in [0.2, 0.25) is 0 Å². The zero-order valence-corrected chi connectivity index (χ0v) is 13.6. The molecule has 0 aromatic heterocycles. The number of nitrogens with one attached hydrogen (secondary N) is 1. The second-order valence-corrected chi connectivity index (χ2v) is 6.50. The molecule has 0 spiro atoms. The van der Waals surface area contributed by atoms with Crippen molar-refractivity contribution in [3.63, 3.8) is 0 Å². The molecule has 1 aliphatic rings. The van der Waals surface area contributed by atoms with Crippen molar-refractivity contribution >= 4 is 0 Å². The Morgan fingerprint density at radius 3 is 2.30 bits per heavy atom. The van der Waals surface area contributed by atoms with Gasteiger partial charge in [-0.3, -0.25) is 4.90 Å². The van der Waals surface area contributed by atoms with Gasteiger partial charge in [-0.05, 0) is 61.7 Å². The highest BCUT2D eigenvalue weighted by molar-refractivity contribution is 5.25. The normalized spacial score (nSPS) is 16.5. The van der Waals surface area contributed by atoms with E-state index < -0.39 is 0 Å². The smallest absolute Gasteiger partial charge is 0.115 e. The SMILES string of the molecule is Oc1ccc(CN2CCC(CNCc3ccccc3)CC2)cc1. The number of hydrogen-bond acceptors (Lipinski definition) is 3. The van der Waals surface area contributed by atoms with Crippen molar-refractivity contribution in [2.45, 2.75) is 25.9 Å². The van der Waals surface area contributed by atoms with Gasteiger partial charge in [-0.1, -0.05) is 42.5 Å². The maximum Gasteiger partial charge on any atom is 0.115 e. The van der Waals surface area contributed by atoms with E-state index in [0.717, 1.165) is 25.6 Å². The highest BCUT2D eigenvalue weighted by atomic mass is 16.3. The van der Waals surface area contributed by atoms with Gasteiger partial charge < -0.3 is 10.4 Å². The molecule has 3 rings (SSSR count). The Kier molecular flexibility index (Phi) is 5.67. The molecule has 1 aliphatic heterocycles. The van der Waals surface area contributed by atoms with Crippen LogP contribution < -0.4 is 5.32 Å². The van der Waals surface area contributed by atoms with Gasteiger partial charge >= 0.3 is 0 Å². The molecule has 0 unspecified atom stereocenters. The molecule has 0 bridgehead atoms. The van der Waals surface area contributed by atoms with Crippen molar-refractivity contribution in [3.05, 3.63) is 65.7 Å². The number of phenols is 1. The highest BCUT2D eigenvalue weighted by Crippen LogP contribution is 2.19. The van der Waals surface area contributed by atoms with Crippen LogP contribution >= 0.6 is 0 Å². The predicted molar refractivity (Wildman–Crippen MR) is 94.3 cm³/mol. The molecule has 0 radical (unpaired) electrons. The number of hydrogen-bond donors (Lipinski definition) is 2. The van der Waals surface area contributed by atoms with Crippen molar-refractivity contribution in [2.75, 3.05) is 19.6 Å². The van der Waals surface area contributed by atoms with Crippen LogP contribution in [-0.4, -0.2) is 29.6 Å². The minimum absolute atomic E-state index is 0.344. The number of piperidine rings is 1. The van der Waals surface area contributed by atoms with Crippen molar-refractivity contribution in [2.24, 2.45) is 5.92 Å². The third kappa shape index (κ3) is 5.08. The fourth-order valence-electron chi connectivity index (χ4n) is 3.22. The fraction of sp³-hybridized carbons (Fsp3) is 0.400.